The Labute approximate surface area is 171 Å². The van der Waals surface area contributed by atoms with Gasteiger partial charge in [0.2, 0.25) is 11.8 Å². The van der Waals surface area contributed by atoms with Crippen LogP contribution in [0.25, 0.3) is 0 Å². The van der Waals surface area contributed by atoms with Crippen LogP contribution in [0.1, 0.15) is 29.6 Å². The Morgan fingerprint density at radius 2 is 1.75 bits per heavy atom. The largest absolute Gasteiger partial charge is 0.349 e. The van der Waals surface area contributed by atoms with E-state index in [1.807, 2.05) is 24.3 Å². The van der Waals surface area contributed by atoms with Crippen LogP contribution in [0.4, 0.5) is 11.4 Å². The lowest BCUT2D eigenvalue weighted by atomic mass is 10.1. The van der Waals surface area contributed by atoms with Gasteiger partial charge in [-0.25, -0.2) is 0 Å². The van der Waals surface area contributed by atoms with Crippen molar-refractivity contribution in [1.29, 1.82) is 0 Å². The van der Waals surface area contributed by atoms with Crippen LogP contribution in [0.15, 0.2) is 53.0 Å². The third-order valence-corrected chi connectivity index (χ3v) is 5.50. The lowest BCUT2D eigenvalue weighted by Crippen LogP contribution is -2.30. The molecule has 0 spiro atoms. The first-order valence-electron chi connectivity index (χ1n) is 9.28. The van der Waals surface area contributed by atoms with E-state index < -0.39 is 5.92 Å². The summed E-state index contributed by atoms with van der Waals surface area (Å²) >= 11 is 3.38. The van der Waals surface area contributed by atoms with Crippen molar-refractivity contribution in [3.05, 3.63) is 58.6 Å². The van der Waals surface area contributed by atoms with E-state index in [0.717, 1.165) is 23.0 Å². The Morgan fingerprint density at radius 3 is 2.46 bits per heavy atom. The first-order chi connectivity index (χ1) is 13.5. The van der Waals surface area contributed by atoms with Crippen LogP contribution >= 0.6 is 15.9 Å². The maximum Gasteiger partial charge on any atom is 0.253 e. The van der Waals surface area contributed by atoms with Crippen molar-refractivity contribution >= 4 is 45.0 Å². The first-order valence-corrected chi connectivity index (χ1v) is 10.1. The lowest BCUT2D eigenvalue weighted by molar-refractivity contribution is -0.122. The monoisotopic (exact) mass is 441 g/mol. The van der Waals surface area contributed by atoms with Gasteiger partial charge >= 0.3 is 0 Å². The summed E-state index contributed by atoms with van der Waals surface area (Å²) in [4.78, 5) is 39.2. The molecule has 0 unspecified atom stereocenters. The van der Waals surface area contributed by atoms with Crippen molar-refractivity contribution in [1.82, 2.24) is 5.32 Å². The van der Waals surface area contributed by atoms with E-state index in [4.69, 9.17) is 0 Å². The highest BCUT2D eigenvalue weighted by atomic mass is 79.9. The van der Waals surface area contributed by atoms with E-state index in [1.54, 1.807) is 29.2 Å². The fourth-order valence-corrected chi connectivity index (χ4v) is 3.53. The summed E-state index contributed by atoms with van der Waals surface area (Å²) in [6.07, 6.45) is 2.14. The minimum Gasteiger partial charge on any atom is -0.349 e. The lowest BCUT2D eigenvalue weighted by Gasteiger charge is -2.17. The Kier molecular flexibility index (Phi) is 5.17. The zero-order valence-corrected chi connectivity index (χ0v) is 16.7. The minimum absolute atomic E-state index is 0.0813. The molecule has 144 valence electrons. The molecule has 1 saturated carbocycles. The molecule has 1 heterocycles. The standard InChI is InChI=1S/C21H20BrN3O3/c22-14-5-9-16(10-6-14)25-12-13(11-19(25)26)20(27)24-18-4-2-1-3-17(18)21(28)23-15-7-8-15/h1-6,9-10,13,15H,7-8,11-12H2,(H,23,28)(H,24,27)/t13-/m0/s1. The van der Waals surface area contributed by atoms with E-state index in [-0.39, 0.29) is 30.2 Å². The molecule has 2 aliphatic rings. The van der Waals surface area contributed by atoms with Crippen LogP contribution in [0.5, 0.6) is 0 Å². The summed E-state index contributed by atoms with van der Waals surface area (Å²) < 4.78 is 0.929. The smallest absolute Gasteiger partial charge is 0.253 e. The van der Waals surface area contributed by atoms with Crippen molar-refractivity contribution in [2.45, 2.75) is 25.3 Å². The molecule has 4 rings (SSSR count). The van der Waals surface area contributed by atoms with E-state index in [1.165, 1.54) is 0 Å². The van der Waals surface area contributed by atoms with E-state index in [0.29, 0.717) is 17.8 Å². The summed E-state index contributed by atoms with van der Waals surface area (Å²) in [6.45, 7) is 0.322. The molecule has 1 atom stereocenters. The Hall–Kier alpha value is -2.67. The third kappa shape index (κ3) is 4.09. The zero-order valence-electron chi connectivity index (χ0n) is 15.2. The number of amides is 3. The average molecular weight is 442 g/mol. The summed E-state index contributed by atoms with van der Waals surface area (Å²) in [5.41, 5.74) is 1.68. The van der Waals surface area contributed by atoms with Crippen LogP contribution in [0.3, 0.4) is 0 Å². The molecule has 1 saturated heterocycles. The van der Waals surface area contributed by atoms with Crippen molar-refractivity contribution in [2.75, 3.05) is 16.8 Å². The Morgan fingerprint density at radius 1 is 1.04 bits per heavy atom. The molecule has 2 fully saturated rings. The van der Waals surface area contributed by atoms with E-state index in [9.17, 15) is 14.4 Å². The molecule has 1 aliphatic carbocycles. The number of anilines is 2. The fourth-order valence-electron chi connectivity index (χ4n) is 3.27. The van der Waals surface area contributed by atoms with Gasteiger partial charge in [0.25, 0.3) is 5.91 Å². The number of hydrogen-bond donors (Lipinski definition) is 2. The normalized spacial score (nSPS) is 18.8. The fraction of sp³-hybridized carbons (Fsp3) is 0.286. The molecule has 28 heavy (non-hydrogen) atoms. The Bertz CT molecular complexity index is 925. The van der Waals surface area contributed by atoms with Crippen LogP contribution in [-0.2, 0) is 9.59 Å². The maximum atomic E-state index is 12.8. The summed E-state index contributed by atoms with van der Waals surface area (Å²) in [5.74, 6) is -0.977. The van der Waals surface area contributed by atoms with Gasteiger partial charge in [-0.15, -0.1) is 0 Å². The van der Waals surface area contributed by atoms with Gasteiger partial charge in [-0.3, -0.25) is 14.4 Å². The number of halogens is 1. The van der Waals surface area contributed by atoms with E-state index >= 15 is 0 Å². The highest BCUT2D eigenvalue weighted by Gasteiger charge is 2.35. The average Bonchev–Trinajstić information content (AvgIpc) is 3.41. The molecule has 7 heteroatoms. The molecule has 2 N–H and O–H groups in total. The number of carbonyl (C=O) groups is 3. The molecule has 0 aromatic heterocycles. The van der Waals surface area contributed by atoms with E-state index in [2.05, 4.69) is 26.6 Å². The second kappa shape index (κ2) is 7.75. The summed E-state index contributed by atoms with van der Waals surface area (Å²) in [6, 6.07) is 14.6. The molecule has 2 aromatic rings. The van der Waals surface area contributed by atoms with Gasteiger partial charge in [0, 0.05) is 29.2 Å². The molecular weight excluding hydrogens is 422 g/mol. The van der Waals surface area contributed by atoms with Crippen LogP contribution in [-0.4, -0.2) is 30.3 Å². The van der Waals surface area contributed by atoms with Crippen LogP contribution < -0.4 is 15.5 Å². The van der Waals surface area contributed by atoms with Gasteiger partial charge in [-0.1, -0.05) is 28.1 Å². The SMILES string of the molecule is O=C(NC1CC1)c1ccccc1NC(=O)[C@H]1CC(=O)N(c2ccc(Br)cc2)C1. The van der Waals surface area contributed by atoms with Gasteiger partial charge in [0.1, 0.15) is 0 Å². The highest BCUT2D eigenvalue weighted by molar-refractivity contribution is 9.10. The van der Waals surface area contributed by atoms with Gasteiger partial charge in [-0.05, 0) is 49.2 Å². The predicted octanol–water partition coefficient (Wildman–Crippen LogP) is 3.33. The number of nitrogens with one attached hydrogen (secondary N) is 2. The molecular formula is C21H20BrN3O3. The van der Waals surface area contributed by atoms with Crippen LogP contribution in [0.2, 0.25) is 0 Å². The number of rotatable bonds is 5. The summed E-state index contributed by atoms with van der Waals surface area (Å²) in [7, 11) is 0. The molecule has 0 bridgehead atoms. The van der Waals surface area contributed by atoms with Crippen molar-refractivity contribution < 1.29 is 14.4 Å². The van der Waals surface area contributed by atoms with Gasteiger partial charge in [-0.2, -0.15) is 0 Å². The van der Waals surface area contributed by atoms with Crippen molar-refractivity contribution in [2.24, 2.45) is 5.92 Å². The highest BCUT2D eigenvalue weighted by Crippen LogP contribution is 2.28. The number of benzene rings is 2. The molecule has 3 amide bonds. The van der Waals surface area contributed by atoms with Crippen LogP contribution in [0, 0.1) is 5.92 Å². The molecule has 2 aromatic carbocycles. The van der Waals surface area contributed by atoms with Crippen molar-refractivity contribution in [3.8, 4) is 0 Å². The Balaban J connectivity index is 1.45. The minimum atomic E-state index is -0.462. The van der Waals surface area contributed by atoms with Gasteiger partial charge < -0.3 is 15.5 Å². The topological polar surface area (TPSA) is 78.5 Å². The number of nitrogens with zero attached hydrogens (tertiary/aromatic N) is 1. The van der Waals surface area contributed by atoms with Crippen molar-refractivity contribution in [3.63, 3.8) is 0 Å². The molecule has 6 nitrogen and oxygen atoms in total. The number of hydrogen-bond acceptors (Lipinski definition) is 3. The third-order valence-electron chi connectivity index (χ3n) is 4.98. The molecule has 1 aliphatic heterocycles. The van der Waals surface area contributed by atoms with Gasteiger partial charge in [0.15, 0.2) is 0 Å². The zero-order chi connectivity index (χ0) is 19.7. The second-order valence-electron chi connectivity index (χ2n) is 7.16. The second-order valence-corrected chi connectivity index (χ2v) is 8.08. The number of carbonyl (C=O) groups excluding carboxylic acids is 3. The number of para-hydroxylation sites is 1. The first kappa shape index (κ1) is 18.7. The summed E-state index contributed by atoms with van der Waals surface area (Å²) in [5, 5.41) is 5.78. The molecule has 0 radical (unpaired) electrons. The predicted molar refractivity (Wildman–Crippen MR) is 110 cm³/mol. The quantitative estimate of drug-likeness (QED) is 0.746. The maximum absolute atomic E-state index is 12.8. The van der Waals surface area contributed by atoms with Gasteiger partial charge in [0.05, 0.1) is 17.2 Å².